The number of imide groups is 2. The van der Waals surface area contributed by atoms with Crippen molar-refractivity contribution >= 4 is 47.1 Å². The molecular weight excluding hydrogens is 761 g/mol. The molecule has 0 bridgehead atoms. The summed E-state index contributed by atoms with van der Waals surface area (Å²) < 4.78 is 16.9. The van der Waals surface area contributed by atoms with Gasteiger partial charge in [0.15, 0.2) is 5.78 Å². The van der Waals surface area contributed by atoms with Crippen LogP contribution in [0.4, 0.5) is 10.5 Å². The molecule has 1 aliphatic carbocycles. The van der Waals surface area contributed by atoms with E-state index < -0.39 is 35.8 Å². The zero-order chi connectivity index (χ0) is 41.6. The van der Waals surface area contributed by atoms with Crippen LogP contribution in [-0.4, -0.2) is 103 Å². The molecule has 59 heavy (non-hydrogen) atoms. The van der Waals surface area contributed by atoms with Crippen LogP contribution in [-0.2, 0) is 19.1 Å². The summed E-state index contributed by atoms with van der Waals surface area (Å²) in [5.41, 5.74) is 4.33. The number of hydrogen-bond donors (Lipinski definition) is 3. The predicted molar refractivity (Wildman–Crippen MR) is 213 cm³/mol. The highest BCUT2D eigenvalue weighted by Gasteiger charge is 2.46. The smallest absolute Gasteiger partial charge is 0.411 e. The van der Waals surface area contributed by atoms with Crippen molar-refractivity contribution in [3.05, 3.63) is 118 Å². The number of amides is 6. The summed E-state index contributed by atoms with van der Waals surface area (Å²) in [5, 5.41) is 15.1. The Balaban J connectivity index is 0.826. The van der Waals surface area contributed by atoms with E-state index in [0.717, 1.165) is 39.3 Å². The number of benzene rings is 4. The van der Waals surface area contributed by atoms with Gasteiger partial charge < -0.3 is 24.6 Å². The number of fused-ring (bicyclic) bond motifs is 1. The number of nitrogens with one attached hydrogen (secondary N) is 2. The van der Waals surface area contributed by atoms with Crippen LogP contribution < -0.4 is 20.3 Å². The molecule has 1 saturated heterocycles. The fraction of sp³-hybridized carbons (Fsp3) is 0.295. The van der Waals surface area contributed by atoms with Crippen LogP contribution in [0, 0.1) is 6.92 Å². The Morgan fingerprint density at radius 2 is 1.44 bits per heavy atom. The fourth-order valence-corrected chi connectivity index (χ4v) is 6.98. The van der Waals surface area contributed by atoms with Crippen LogP contribution in [0.1, 0.15) is 78.2 Å². The lowest BCUT2D eigenvalue weighted by atomic mass is 9.95. The first-order chi connectivity index (χ1) is 28.5. The van der Waals surface area contributed by atoms with Crippen molar-refractivity contribution < 1.29 is 52.9 Å². The number of anilines is 1. The minimum Gasteiger partial charge on any atom is -0.491 e. The van der Waals surface area contributed by atoms with Gasteiger partial charge in [0.1, 0.15) is 18.4 Å². The number of rotatable bonds is 17. The van der Waals surface area contributed by atoms with E-state index in [0.29, 0.717) is 22.4 Å². The number of nitrogens with zero attached hydrogens (tertiary/aromatic N) is 2. The van der Waals surface area contributed by atoms with Gasteiger partial charge in [0.05, 0.1) is 49.8 Å². The van der Waals surface area contributed by atoms with Crippen molar-refractivity contribution in [2.45, 2.75) is 44.7 Å². The zero-order valence-corrected chi connectivity index (χ0v) is 32.2. The quantitative estimate of drug-likeness (QED) is 0.0755. The normalized spacial score (nSPS) is 16.1. The molecule has 1 atom stereocenters. The number of carbonyl (C=O) groups excluding carboxylic acids is 6. The topological polar surface area (TPSA) is 198 Å². The summed E-state index contributed by atoms with van der Waals surface area (Å²) >= 11 is 0. The molecule has 15 heteroatoms. The van der Waals surface area contributed by atoms with E-state index in [1.54, 1.807) is 36.4 Å². The Labute approximate surface area is 339 Å². The molecule has 7 rings (SSSR count). The van der Waals surface area contributed by atoms with Gasteiger partial charge in [-0.1, -0.05) is 36.4 Å². The van der Waals surface area contributed by atoms with Gasteiger partial charge in [0, 0.05) is 29.2 Å². The summed E-state index contributed by atoms with van der Waals surface area (Å²) in [7, 11) is 0. The van der Waals surface area contributed by atoms with Crippen LogP contribution in [0.15, 0.2) is 84.9 Å². The van der Waals surface area contributed by atoms with Crippen LogP contribution >= 0.6 is 0 Å². The minimum atomic E-state index is -1.37. The molecule has 2 aliphatic heterocycles. The number of carbonyl (C=O) groups is 7. The van der Waals surface area contributed by atoms with E-state index in [1.165, 1.54) is 18.2 Å². The number of hydrogen-bond acceptors (Lipinski definition) is 10. The van der Waals surface area contributed by atoms with Crippen molar-refractivity contribution in [1.29, 1.82) is 0 Å². The van der Waals surface area contributed by atoms with E-state index in [4.69, 9.17) is 14.2 Å². The van der Waals surface area contributed by atoms with Crippen LogP contribution in [0.3, 0.4) is 0 Å². The molecule has 2 heterocycles. The SMILES string of the molecule is Cc1ccc(C(=O)NC2CC2)cc1-c1ccc(C(=O)c2ccc(OCCOCCOCCN(C(=O)O)c3cccc4c3C(=O)N(C3CCC(=O)NC3=O)C4=O)cc2)cc1. The van der Waals surface area contributed by atoms with E-state index in [2.05, 4.69) is 10.6 Å². The lowest BCUT2D eigenvalue weighted by Gasteiger charge is -2.28. The maximum absolute atomic E-state index is 13.4. The number of aryl methyl sites for hydroxylation is 1. The predicted octanol–water partition coefficient (Wildman–Crippen LogP) is 4.78. The number of ether oxygens (including phenoxy) is 3. The molecule has 0 radical (unpaired) electrons. The molecule has 2 fully saturated rings. The van der Waals surface area contributed by atoms with Crippen molar-refractivity contribution in [2.75, 3.05) is 44.5 Å². The van der Waals surface area contributed by atoms with Crippen molar-refractivity contribution in [2.24, 2.45) is 0 Å². The molecule has 4 aromatic carbocycles. The number of ketones is 1. The highest BCUT2D eigenvalue weighted by Crippen LogP contribution is 2.34. The van der Waals surface area contributed by atoms with Crippen molar-refractivity contribution in [3.8, 4) is 16.9 Å². The van der Waals surface area contributed by atoms with Gasteiger partial charge in [-0.3, -0.25) is 43.9 Å². The molecule has 6 amide bonds. The Morgan fingerprint density at radius 3 is 2.12 bits per heavy atom. The maximum Gasteiger partial charge on any atom is 0.411 e. The molecule has 15 nitrogen and oxygen atoms in total. The first-order valence-corrected chi connectivity index (χ1v) is 19.3. The van der Waals surface area contributed by atoms with Crippen molar-refractivity contribution in [1.82, 2.24) is 15.5 Å². The largest absolute Gasteiger partial charge is 0.491 e. The number of carboxylic acid groups (broad SMARTS) is 1. The first-order valence-electron chi connectivity index (χ1n) is 19.3. The highest BCUT2D eigenvalue weighted by molar-refractivity contribution is 6.26. The summed E-state index contributed by atoms with van der Waals surface area (Å²) in [6, 6.07) is 23.1. The second-order valence-electron chi connectivity index (χ2n) is 14.4. The van der Waals surface area contributed by atoms with Gasteiger partial charge in [0.2, 0.25) is 11.8 Å². The standard InChI is InChI=1S/C44H42N4O11/c1-26-5-6-30(40(51)45-31-13-14-31)25-34(26)27-7-9-28(10-8-27)39(50)29-11-15-32(16-12-29)59-24-23-58-22-21-57-20-19-47(44(55)56)35-4-2-3-33-38(35)43(54)48(42(33)53)36-17-18-37(49)46-41(36)52/h2-12,15-16,25,31,36H,13-14,17-24H2,1H3,(H,45,51)(H,55,56)(H,46,49,52). The molecule has 0 aromatic heterocycles. The Bertz CT molecular complexity index is 2300. The minimum absolute atomic E-state index is 0.0175. The monoisotopic (exact) mass is 802 g/mol. The van der Waals surface area contributed by atoms with Crippen molar-refractivity contribution in [3.63, 3.8) is 0 Å². The van der Waals surface area contributed by atoms with Gasteiger partial charge in [0.25, 0.3) is 17.7 Å². The zero-order valence-electron chi connectivity index (χ0n) is 32.2. The molecule has 1 saturated carbocycles. The fourth-order valence-electron chi connectivity index (χ4n) is 6.98. The van der Waals surface area contributed by atoms with E-state index in [1.807, 2.05) is 37.3 Å². The maximum atomic E-state index is 13.4. The van der Waals surface area contributed by atoms with Gasteiger partial charge in [-0.2, -0.15) is 0 Å². The van der Waals surface area contributed by atoms with E-state index in [-0.39, 0.29) is 87.0 Å². The number of piperidine rings is 1. The Morgan fingerprint density at radius 1 is 0.780 bits per heavy atom. The van der Waals surface area contributed by atoms with Crippen LogP contribution in [0.2, 0.25) is 0 Å². The summed E-state index contributed by atoms with van der Waals surface area (Å²) in [4.78, 5) is 90.3. The lowest BCUT2D eigenvalue weighted by molar-refractivity contribution is -0.136. The molecule has 0 spiro atoms. The summed E-state index contributed by atoms with van der Waals surface area (Å²) in [6.45, 7) is 2.58. The van der Waals surface area contributed by atoms with Gasteiger partial charge in [-0.25, -0.2) is 4.79 Å². The second kappa shape index (κ2) is 17.8. The lowest BCUT2D eigenvalue weighted by Crippen LogP contribution is -2.54. The average Bonchev–Trinajstić information content (AvgIpc) is 4.02. The highest BCUT2D eigenvalue weighted by atomic mass is 16.5. The molecule has 4 aromatic rings. The van der Waals surface area contributed by atoms with Gasteiger partial charge >= 0.3 is 6.09 Å². The molecule has 1 unspecified atom stereocenters. The van der Waals surface area contributed by atoms with Crippen LogP contribution in [0.25, 0.3) is 11.1 Å². The van der Waals surface area contributed by atoms with E-state index >= 15 is 0 Å². The molecule has 3 aliphatic rings. The third kappa shape index (κ3) is 9.21. The summed E-state index contributed by atoms with van der Waals surface area (Å²) in [6.07, 6.45) is 0.603. The van der Waals surface area contributed by atoms with Crippen LogP contribution in [0.5, 0.6) is 5.75 Å². The van der Waals surface area contributed by atoms with Gasteiger partial charge in [-0.15, -0.1) is 0 Å². The van der Waals surface area contributed by atoms with Gasteiger partial charge in [-0.05, 0) is 91.4 Å². The molecule has 3 N–H and O–H groups in total. The second-order valence-corrected chi connectivity index (χ2v) is 14.4. The first kappa shape index (κ1) is 40.5. The third-order valence-electron chi connectivity index (χ3n) is 10.3. The molecule has 304 valence electrons. The Kier molecular flexibility index (Phi) is 12.2. The average molecular weight is 803 g/mol. The third-order valence-corrected chi connectivity index (χ3v) is 10.3. The molecular formula is C44H42N4O11. The summed E-state index contributed by atoms with van der Waals surface area (Å²) in [5.74, 6) is -2.47. The Hall–Kier alpha value is -6.71. The van der Waals surface area contributed by atoms with E-state index in [9.17, 15) is 38.7 Å².